The summed E-state index contributed by atoms with van der Waals surface area (Å²) in [4.78, 5) is 28.2. The van der Waals surface area contributed by atoms with E-state index in [4.69, 9.17) is 0 Å². The fourth-order valence-electron chi connectivity index (χ4n) is 3.30. The minimum atomic E-state index is -0.0937. The van der Waals surface area contributed by atoms with Gasteiger partial charge in [-0.1, -0.05) is 17.7 Å². The molecule has 0 saturated carbocycles. The van der Waals surface area contributed by atoms with Crippen LogP contribution in [-0.2, 0) is 19.6 Å². The Morgan fingerprint density at radius 3 is 2.70 bits per heavy atom. The molecule has 0 radical (unpaired) electrons. The van der Waals surface area contributed by atoms with Gasteiger partial charge >= 0.3 is 6.03 Å². The van der Waals surface area contributed by atoms with Gasteiger partial charge < -0.3 is 15.1 Å². The highest BCUT2D eigenvalue weighted by Gasteiger charge is 2.21. The Labute approximate surface area is 159 Å². The molecule has 1 N–H and O–H groups in total. The summed E-state index contributed by atoms with van der Waals surface area (Å²) < 4.78 is 1.95. The molecule has 0 saturated heterocycles. The minimum absolute atomic E-state index is 0.00873. The van der Waals surface area contributed by atoms with Gasteiger partial charge in [-0.15, -0.1) is 0 Å². The molecule has 1 aromatic heterocycles. The second-order valence-electron chi connectivity index (χ2n) is 7.30. The number of hydrogen-bond donors (Lipinski definition) is 1. The Kier molecular flexibility index (Phi) is 5.48. The van der Waals surface area contributed by atoms with Crippen LogP contribution in [-0.4, -0.2) is 52.2 Å². The second-order valence-corrected chi connectivity index (χ2v) is 7.30. The largest absolute Gasteiger partial charge is 0.346 e. The van der Waals surface area contributed by atoms with Gasteiger partial charge in [0.25, 0.3) is 5.91 Å². The third-order valence-electron chi connectivity index (χ3n) is 4.79. The third kappa shape index (κ3) is 4.30. The van der Waals surface area contributed by atoms with Crippen molar-refractivity contribution in [3.8, 4) is 0 Å². The summed E-state index contributed by atoms with van der Waals surface area (Å²) in [6.07, 6.45) is 0.864. The first kappa shape index (κ1) is 18.9. The summed E-state index contributed by atoms with van der Waals surface area (Å²) in [5, 5.41) is 7.56. The van der Waals surface area contributed by atoms with Gasteiger partial charge in [0.2, 0.25) is 0 Å². The standard InChI is InChI=1S/C20H27N5O2/c1-14-6-7-15(2)18(10-14)19(26)21-12-16-11-17-13-24(20(27)23(3)4)8-5-9-25(17)22-16/h6-7,10-11H,5,8-9,12-13H2,1-4H3,(H,21,26). The lowest BCUT2D eigenvalue weighted by atomic mass is 10.1. The van der Waals surface area contributed by atoms with E-state index in [9.17, 15) is 9.59 Å². The quantitative estimate of drug-likeness (QED) is 0.903. The van der Waals surface area contributed by atoms with Crippen molar-refractivity contribution in [3.63, 3.8) is 0 Å². The van der Waals surface area contributed by atoms with Crippen molar-refractivity contribution in [1.82, 2.24) is 24.9 Å². The summed E-state index contributed by atoms with van der Waals surface area (Å²) in [5.74, 6) is -0.0937. The van der Waals surface area contributed by atoms with Crippen LogP contribution in [0.4, 0.5) is 4.79 Å². The van der Waals surface area contributed by atoms with E-state index in [2.05, 4.69) is 10.4 Å². The van der Waals surface area contributed by atoms with E-state index in [0.29, 0.717) is 18.7 Å². The van der Waals surface area contributed by atoms with Crippen LogP contribution in [0, 0.1) is 13.8 Å². The van der Waals surface area contributed by atoms with Crippen molar-refractivity contribution in [2.45, 2.75) is 39.9 Å². The van der Waals surface area contributed by atoms with Gasteiger partial charge in [0, 0.05) is 32.7 Å². The first-order valence-corrected chi connectivity index (χ1v) is 9.22. The molecule has 0 atom stereocenters. The van der Waals surface area contributed by atoms with Gasteiger partial charge in [-0.25, -0.2) is 4.79 Å². The number of amides is 3. The molecule has 1 aromatic carbocycles. The van der Waals surface area contributed by atoms with Crippen molar-refractivity contribution in [1.29, 1.82) is 0 Å². The van der Waals surface area contributed by atoms with Crippen molar-refractivity contribution in [3.05, 3.63) is 52.3 Å². The fraction of sp³-hybridized carbons (Fsp3) is 0.450. The van der Waals surface area contributed by atoms with Crippen LogP contribution < -0.4 is 5.32 Å². The number of nitrogens with zero attached hydrogens (tertiary/aromatic N) is 4. The Morgan fingerprint density at radius 2 is 1.96 bits per heavy atom. The molecule has 1 aliphatic rings. The number of rotatable bonds is 3. The zero-order valence-electron chi connectivity index (χ0n) is 16.5. The van der Waals surface area contributed by atoms with Gasteiger partial charge in [-0.05, 0) is 38.0 Å². The van der Waals surface area contributed by atoms with Crippen molar-refractivity contribution in [2.24, 2.45) is 0 Å². The number of fused-ring (bicyclic) bond motifs is 1. The number of nitrogens with one attached hydrogen (secondary N) is 1. The topological polar surface area (TPSA) is 70.5 Å². The predicted octanol–water partition coefficient (Wildman–Crippen LogP) is 2.32. The molecule has 7 nitrogen and oxygen atoms in total. The van der Waals surface area contributed by atoms with Crippen molar-refractivity contribution < 1.29 is 9.59 Å². The van der Waals surface area contributed by atoms with Crippen LogP contribution in [0.5, 0.6) is 0 Å². The Bertz CT molecular complexity index is 856. The summed E-state index contributed by atoms with van der Waals surface area (Å²) >= 11 is 0. The van der Waals surface area contributed by atoms with Crippen LogP contribution in [0.25, 0.3) is 0 Å². The SMILES string of the molecule is Cc1ccc(C)c(C(=O)NCc2cc3n(n2)CCCN(C(=O)N(C)C)C3)c1. The minimum Gasteiger partial charge on any atom is -0.346 e. The average molecular weight is 369 g/mol. The van der Waals surface area contributed by atoms with Crippen LogP contribution in [0.15, 0.2) is 24.3 Å². The number of urea groups is 1. The predicted molar refractivity (Wildman–Crippen MR) is 103 cm³/mol. The van der Waals surface area contributed by atoms with Gasteiger partial charge in [0.05, 0.1) is 24.5 Å². The molecule has 7 heteroatoms. The number of aryl methyl sites for hydroxylation is 3. The van der Waals surface area contributed by atoms with E-state index >= 15 is 0 Å². The highest BCUT2D eigenvalue weighted by Crippen LogP contribution is 2.15. The molecule has 0 fully saturated rings. The lowest BCUT2D eigenvalue weighted by molar-refractivity contribution is 0.0949. The molecule has 0 aliphatic carbocycles. The Hall–Kier alpha value is -2.83. The maximum atomic E-state index is 12.5. The Balaban J connectivity index is 1.68. The maximum absolute atomic E-state index is 12.5. The van der Waals surface area contributed by atoms with Gasteiger partial charge in [-0.3, -0.25) is 9.48 Å². The summed E-state index contributed by atoms with van der Waals surface area (Å²) in [7, 11) is 3.53. The molecular formula is C20H27N5O2. The van der Waals surface area contributed by atoms with E-state index in [1.54, 1.807) is 19.0 Å². The van der Waals surface area contributed by atoms with Gasteiger partial charge in [0.15, 0.2) is 0 Å². The lowest BCUT2D eigenvalue weighted by Gasteiger charge is -2.23. The smallest absolute Gasteiger partial charge is 0.319 e. The molecule has 144 valence electrons. The van der Waals surface area contributed by atoms with Crippen LogP contribution in [0.1, 0.15) is 39.3 Å². The molecule has 2 heterocycles. The zero-order valence-corrected chi connectivity index (χ0v) is 16.5. The molecule has 2 aromatic rings. The van der Waals surface area contributed by atoms with Crippen molar-refractivity contribution in [2.75, 3.05) is 20.6 Å². The Morgan fingerprint density at radius 1 is 1.19 bits per heavy atom. The maximum Gasteiger partial charge on any atom is 0.319 e. The first-order valence-electron chi connectivity index (χ1n) is 9.22. The van der Waals surface area contributed by atoms with Crippen molar-refractivity contribution >= 4 is 11.9 Å². The second kappa shape index (κ2) is 7.82. The van der Waals surface area contributed by atoms with E-state index in [0.717, 1.165) is 42.0 Å². The molecule has 0 unspecified atom stereocenters. The molecule has 0 spiro atoms. The van der Waals surface area contributed by atoms with E-state index < -0.39 is 0 Å². The zero-order chi connectivity index (χ0) is 19.6. The summed E-state index contributed by atoms with van der Waals surface area (Å²) in [6, 6.07) is 7.84. The van der Waals surface area contributed by atoms with Gasteiger partial charge in [0.1, 0.15) is 0 Å². The molecule has 0 bridgehead atoms. The van der Waals surface area contributed by atoms with Crippen LogP contribution >= 0.6 is 0 Å². The molecule has 3 rings (SSSR count). The number of hydrogen-bond acceptors (Lipinski definition) is 3. The average Bonchev–Trinajstić information content (AvgIpc) is 2.91. The van der Waals surface area contributed by atoms with E-state index in [1.165, 1.54) is 0 Å². The summed E-state index contributed by atoms with van der Waals surface area (Å²) in [6.45, 7) is 6.31. The first-order chi connectivity index (χ1) is 12.8. The monoisotopic (exact) mass is 369 g/mol. The fourth-order valence-corrected chi connectivity index (χ4v) is 3.30. The number of benzene rings is 1. The van der Waals surface area contributed by atoms with E-state index in [1.807, 2.05) is 47.7 Å². The molecule has 1 aliphatic heterocycles. The molecule has 27 heavy (non-hydrogen) atoms. The highest BCUT2D eigenvalue weighted by molar-refractivity contribution is 5.95. The highest BCUT2D eigenvalue weighted by atomic mass is 16.2. The third-order valence-corrected chi connectivity index (χ3v) is 4.79. The molecule has 3 amide bonds. The normalized spacial score (nSPS) is 13.7. The lowest BCUT2D eigenvalue weighted by Crippen LogP contribution is -2.38. The molecular weight excluding hydrogens is 342 g/mol. The van der Waals surface area contributed by atoms with E-state index in [-0.39, 0.29) is 11.9 Å². The summed E-state index contributed by atoms with van der Waals surface area (Å²) in [5.41, 5.74) is 4.52. The number of aromatic nitrogens is 2. The van der Waals surface area contributed by atoms with Gasteiger partial charge in [-0.2, -0.15) is 5.10 Å². The van der Waals surface area contributed by atoms with Crippen LogP contribution in [0.2, 0.25) is 0 Å². The number of carbonyl (C=O) groups is 2. The number of carbonyl (C=O) groups excluding carboxylic acids is 2. The van der Waals surface area contributed by atoms with Crippen LogP contribution in [0.3, 0.4) is 0 Å².